The van der Waals surface area contributed by atoms with E-state index in [1.165, 1.54) is 62.5 Å². The average molecular weight is 367 g/mol. The van der Waals surface area contributed by atoms with Gasteiger partial charge in [0, 0.05) is 0 Å². The van der Waals surface area contributed by atoms with Crippen molar-refractivity contribution < 1.29 is 13.0 Å². The van der Waals surface area contributed by atoms with Crippen LogP contribution >= 0.6 is 0 Å². The molecule has 0 aromatic heterocycles. The van der Waals surface area contributed by atoms with Crippen molar-refractivity contribution in [2.75, 3.05) is 0 Å². The summed E-state index contributed by atoms with van der Waals surface area (Å²) in [4.78, 5) is 0.0487. The summed E-state index contributed by atoms with van der Waals surface area (Å²) in [7, 11) is -4.12. The van der Waals surface area contributed by atoms with Crippen LogP contribution in [0.3, 0.4) is 0 Å². The maximum Gasteiger partial charge on any atom is 0.294 e. The maximum atomic E-state index is 11.5. The first-order chi connectivity index (χ1) is 12.0. The van der Waals surface area contributed by atoms with Gasteiger partial charge in [0.15, 0.2) is 0 Å². The molecule has 1 aliphatic rings. The topological polar surface area (TPSA) is 54.4 Å². The summed E-state index contributed by atoms with van der Waals surface area (Å²) in [6.45, 7) is 4.42. The van der Waals surface area contributed by atoms with Gasteiger partial charge in [0.2, 0.25) is 0 Å². The molecule has 0 spiro atoms. The molecule has 25 heavy (non-hydrogen) atoms. The molecule has 0 bridgehead atoms. The van der Waals surface area contributed by atoms with Crippen molar-refractivity contribution in [2.24, 2.45) is 0 Å². The average Bonchev–Trinajstić information content (AvgIpc) is 2.58. The van der Waals surface area contributed by atoms with Gasteiger partial charge in [0.25, 0.3) is 10.1 Å². The SMILES string of the molecule is CCCCCCCCC1CCC(CCC)c2cc(S(=O)(=O)O)ccc21. The lowest BCUT2D eigenvalue weighted by molar-refractivity contribution is 0.428. The van der Waals surface area contributed by atoms with E-state index in [4.69, 9.17) is 0 Å². The maximum absolute atomic E-state index is 11.5. The van der Waals surface area contributed by atoms with Crippen molar-refractivity contribution in [1.29, 1.82) is 0 Å². The molecule has 1 N–H and O–H groups in total. The predicted molar refractivity (Wildman–Crippen MR) is 104 cm³/mol. The van der Waals surface area contributed by atoms with Crippen LogP contribution < -0.4 is 0 Å². The molecule has 1 aliphatic carbocycles. The van der Waals surface area contributed by atoms with Crippen LogP contribution in [0.15, 0.2) is 23.1 Å². The minimum absolute atomic E-state index is 0.0487. The van der Waals surface area contributed by atoms with Crippen molar-refractivity contribution in [3.63, 3.8) is 0 Å². The van der Waals surface area contributed by atoms with Gasteiger partial charge in [0.05, 0.1) is 4.90 Å². The molecular weight excluding hydrogens is 332 g/mol. The second kappa shape index (κ2) is 9.72. The lowest BCUT2D eigenvalue weighted by Gasteiger charge is -2.32. The number of hydrogen-bond donors (Lipinski definition) is 1. The highest BCUT2D eigenvalue weighted by Gasteiger charge is 2.28. The van der Waals surface area contributed by atoms with Crippen molar-refractivity contribution in [3.05, 3.63) is 29.3 Å². The van der Waals surface area contributed by atoms with Gasteiger partial charge < -0.3 is 0 Å². The van der Waals surface area contributed by atoms with E-state index >= 15 is 0 Å². The Kier molecular flexibility index (Phi) is 7.95. The summed E-state index contributed by atoms with van der Waals surface area (Å²) in [5, 5.41) is 0. The predicted octanol–water partition coefficient (Wildman–Crippen LogP) is 6.45. The fourth-order valence-electron chi connectivity index (χ4n) is 4.27. The third-order valence-corrected chi connectivity index (χ3v) is 6.49. The molecule has 1 aromatic carbocycles. The molecule has 2 atom stereocenters. The van der Waals surface area contributed by atoms with Gasteiger partial charge in [-0.15, -0.1) is 0 Å². The van der Waals surface area contributed by atoms with Crippen LogP contribution in [0.5, 0.6) is 0 Å². The molecule has 2 unspecified atom stereocenters. The Labute approximate surface area is 154 Å². The van der Waals surface area contributed by atoms with Crippen molar-refractivity contribution >= 4 is 10.1 Å². The second-order valence-electron chi connectivity index (χ2n) is 7.58. The number of hydrogen-bond acceptors (Lipinski definition) is 2. The summed E-state index contributed by atoms with van der Waals surface area (Å²) in [6.07, 6.45) is 13.6. The largest absolute Gasteiger partial charge is 0.294 e. The van der Waals surface area contributed by atoms with Gasteiger partial charge in [-0.3, -0.25) is 4.55 Å². The fourth-order valence-corrected chi connectivity index (χ4v) is 4.79. The fraction of sp³-hybridized carbons (Fsp3) is 0.714. The normalized spacial score (nSPS) is 20.4. The Morgan fingerprint density at radius 1 is 0.880 bits per heavy atom. The van der Waals surface area contributed by atoms with Crippen LogP contribution in [0.2, 0.25) is 0 Å². The minimum atomic E-state index is -4.12. The molecule has 3 nitrogen and oxygen atoms in total. The highest BCUT2D eigenvalue weighted by Crippen LogP contribution is 2.43. The lowest BCUT2D eigenvalue weighted by Crippen LogP contribution is -2.16. The molecule has 1 aromatic rings. The second-order valence-corrected chi connectivity index (χ2v) is 9.00. The Bertz CT molecular complexity index is 637. The monoisotopic (exact) mass is 366 g/mol. The van der Waals surface area contributed by atoms with E-state index < -0.39 is 10.1 Å². The zero-order valence-corrected chi connectivity index (χ0v) is 16.7. The van der Waals surface area contributed by atoms with E-state index in [1.807, 2.05) is 6.07 Å². The Balaban J connectivity index is 2.09. The molecule has 0 fully saturated rings. The summed E-state index contributed by atoms with van der Waals surface area (Å²) >= 11 is 0. The summed E-state index contributed by atoms with van der Waals surface area (Å²) in [6, 6.07) is 5.27. The van der Waals surface area contributed by atoms with Gasteiger partial charge in [-0.05, 0) is 60.8 Å². The Morgan fingerprint density at radius 3 is 2.16 bits per heavy atom. The molecule has 0 amide bonds. The highest BCUT2D eigenvalue weighted by molar-refractivity contribution is 7.85. The lowest BCUT2D eigenvalue weighted by atomic mass is 9.73. The Morgan fingerprint density at radius 2 is 1.52 bits per heavy atom. The first-order valence-corrected chi connectivity index (χ1v) is 11.5. The minimum Gasteiger partial charge on any atom is -0.282 e. The molecule has 0 aliphatic heterocycles. The first kappa shape index (κ1) is 20.4. The molecule has 0 heterocycles. The molecule has 0 saturated heterocycles. The number of benzene rings is 1. The van der Waals surface area contributed by atoms with Crippen LogP contribution in [0.1, 0.15) is 107 Å². The first-order valence-electron chi connectivity index (χ1n) is 10.1. The summed E-state index contributed by atoms with van der Waals surface area (Å²) in [5.41, 5.74) is 2.49. The number of unbranched alkanes of at least 4 members (excludes halogenated alkanes) is 5. The summed E-state index contributed by atoms with van der Waals surface area (Å²) < 4.78 is 32.4. The van der Waals surface area contributed by atoms with Crippen molar-refractivity contribution in [3.8, 4) is 0 Å². The van der Waals surface area contributed by atoms with Crippen molar-refractivity contribution in [2.45, 2.75) is 101 Å². The van der Waals surface area contributed by atoms with E-state index in [2.05, 4.69) is 13.8 Å². The van der Waals surface area contributed by atoms with Gasteiger partial charge >= 0.3 is 0 Å². The van der Waals surface area contributed by atoms with Gasteiger partial charge in [-0.1, -0.05) is 64.9 Å². The molecule has 0 radical (unpaired) electrons. The van der Waals surface area contributed by atoms with E-state index in [1.54, 1.807) is 12.1 Å². The Hall–Kier alpha value is -0.870. The third-order valence-electron chi connectivity index (χ3n) is 5.64. The van der Waals surface area contributed by atoms with Crippen LogP contribution in [-0.2, 0) is 10.1 Å². The highest BCUT2D eigenvalue weighted by atomic mass is 32.2. The van der Waals surface area contributed by atoms with E-state index in [9.17, 15) is 13.0 Å². The number of fused-ring (bicyclic) bond motifs is 1. The zero-order chi connectivity index (χ0) is 18.3. The molecule has 2 rings (SSSR count). The molecule has 4 heteroatoms. The third kappa shape index (κ3) is 5.82. The smallest absolute Gasteiger partial charge is 0.282 e. The van der Waals surface area contributed by atoms with Crippen LogP contribution in [0.4, 0.5) is 0 Å². The van der Waals surface area contributed by atoms with E-state index in [0.29, 0.717) is 11.8 Å². The van der Waals surface area contributed by atoms with Gasteiger partial charge in [0.1, 0.15) is 0 Å². The van der Waals surface area contributed by atoms with Crippen LogP contribution in [0, 0.1) is 0 Å². The molecule has 142 valence electrons. The molecular formula is C21H34O3S. The van der Waals surface area contributed by atoms with E-state index in [0.717, 1.165) is 19.3 Å². The van der Waals surface area contributed by atoms with Gasteiger partial charge in [-0.25, -0.2) is 0 Å². The van der Waals surface area contributed by atoms with Crippen LogP contribution in [0.25, 0.3) is 0 Å². The zero-order valence-electron chi connectivity index (χ0n) is 15.8. The number of rotatable bonds is 10. The quantitative estimate of drug-likeness (QED) is 0.382. The standard InChI is InChI=1S/C21H34O3S/c1-3-5-6-7-8-9-11-18-13-12-17(10-4-2)21-16-19(25(22,23)24)14-15-20(18)21/h14-18H,3-13H2,1-2H3,(H,22,23,24). The summed E-state index contributed by atoms with van der Waals surface area (Å²) in [5.74, 6) is 0.979. The van der Waals surface area contributed by atoms with Gasteiger partial charge in [-0.2, -0.15) is 8.42 Å². The van der Waals surface area contributed by atoms with Crippen LogP contribution in [-0.4, -0.2) is 13.0 Å². The van der Waals surface area contributed by atoms with E-state index in [-0.39, 0.29) is 4.90 Å². The molecule has 0 saturated carbocycles. The van der Waals surface area contributed by atoms with Crippen molar-refractivity contribution in [1.82, 2.24) is 0 Å².